The molecule has 0 aliphatic carbocycles. The van der Waals surface area contributed by atoms with Crippen LogP contribution in [0.15, 0.2) is 79.0 Å². The first kappa shape index (κ1) is 16.7. The monoisotopic (exact) mass is 332 g/mol. The Bertz CT molecular complexity index is 802. The van der Waals surface area contributed by atoms with Crippen molar-refractivity contribution in [3.63, 3.8) is 0 Å². The Morgan fingerprint density at radius 1 is 0.920 bits per heavy atom. The summed E-state index contributed by atoms with van der Waals surface area (Å²) in [4.78, 5) is 18.4. The SMILES string of the molecule is CCC(=O)N(Cc1ccccn1)c1ccc(Oc2ccccc2)cc1. The number of hydrogen-bond acceptors (Lipinski definition) is 3. The number of rotatable bonds is 6. The van der Waals surface area contributed by atoms with Crippen LogP contribution in [0, 0.1) is 0 Å². The molecule has 0 N–H and O–H groups in total. The van der Waals surface area contributed by atoms with Crippen molar-refractivity contribution in [1.29, 1.82) is 0 Å². The van der Waals surface area contributed by atoms with E-state index in [1.807, 2.05) is 79.7 Å². The normalized spacial score (nSPS) is 10.3. The Kier molecular flexibility index (Phi) is 5.42. The van der Waals surface area contributed by atoms with Gasteiger partial charge in [0, 0.05) is 18.3 Å². The van der Waals surface area contributed by atoms with Crippen LogP contribution in [-0.2, 0) is 11.3 Å². The lowest BCUT2D eigenvalue weighted by Gasteiger charge is -2.22. The smallest absolute Gasteiger partial charge is 0.227 e. The number of pyridine rings is 1. The molecule has 3 aromatic rings. The fourth-order valence-electron chi connectivity index (χ4n) is 2.49. The number of nitrogens with zero attached hydrogens (tertiary/aromatic N) is 2. The topological polar surface area (TPSA) is 42.4 Å². The number of hydrogen-bond donors (Lipinski definition) is 0. The molecule has 0 unspecified atom stereocenters. The van der Waals surface area contributed by atoms with E-state index in [-0.39, 0.29) is 5.91 Å². The van der Waals surface area contributed by atoms with E-state index in [4.69, 9.17) is 4.74 Å². The third kappa shape index (κ3) is 4.44. The largest absolute Gasteiger partial charge is 0.457 e. The van der Waals surface area contributed by atoms with Gasteiger partial charge in [0.25, 0.3) is 0 Å². The fourth-order valence-corrected chi connectivity index (χ4v) is 2.49. The minimum atomic E-state index is 0.0578. The average molecular weight is 332 g/mol. The zero-order valence-electron chi connectivity index (χ0n) is 14.1. The molecule has 1 aromatic heterocycles. The summed E-state index contributed by atoms with van der Waals surface area (Å²) in [5, 5.41) is 0. The number of carbonyl (C=O) groups excluding carboxylic acids is 1. The van der Waals surface area contributed by atoms with E-state index in [0.717, 1.165) is 22.9 Å². The molecule has 0 radical (unpaired) electrons. The lowest BCUT2D eigenvalue weighted by Crippen LogP contribution is -2.29. The molecule has 0 saturated heterocycles. The van der Waals surface area contributed by atoms with Crippen LogP contribution in [0.25, 0.3) is 0 Å². The van der Waals surface area contributed by atoms with E-state index < -0.39 is 0 Å². The zero-order chi connectivity index (χ0) is 17.5. The second kappa shape index (κ2) is 8.11. The first-order valence-corrected chi connectivity index (χ1v) is 8.29. The van der Waals surface area contributed by atoms with Crippen LogP contribution >= 0.6 is 0 Å². The summed E-state index contributed by atoms with van der Waals surface area (Å²) in [5.74, 6) is 1.57. The molecule has 0 aliphatic rings. The number of aromatic nitrogens is 1. The molecule has 0 saturated carbocycles. The van der Waals surface area contributed by atoms with Crippen LogP contribution in [-0.4, -0.2) is 10.9 Å². The lowest BCUT2D eigenvalue weighted by atomic mass is 10.2. The van der Waals surface area contributed by atoms with Crippen LogP contribution in [0.5, 0.6) is 11.5 Å². The molecular formula is C21H20N2O2. The van der Waals surface area contributed by atoms with Crippen LogP contribution < -0.4 is 9.64 Å². The van der Waals surface area contributed by atoms with E-state index in [1.54, 1.807) is 11.1 Å². The molecule has 25 heavy (non-hydrogen) atoms. The lowest BCUT2D eigenvalue weighted by molar-refractivity contribution is -0.118. The quantitative estimate of drug-likeness (QED) is 0.650. The van der Waals surface area contributed by atoms with Gasteiger partial charge >= 0.3 is 0 Å². The summed E-state index contributed by atoms with van der Waals surface area (Å²) in [6, 6.07) is 22.9. The molecule has 126 valence electrons. The first-order chi connectivity index (χ1) is 12.3. The Hall–Kier alpha value is -3.14. The summed E-state index contributed by atoms with van der Waals surface area (Å²) in [6.45, 7) is 2.31. The summed E-state index contributed by atoms with van der Waals surface area (Å²) in [6.07, 6.45) is 2.18. The van der Waals surface area contributed by atoms with Gasteiger partial charge in [0.1, 0.15) is 11.5 Å². The molecule has 0 atom stereocenters. The zero-order valence-corrected chi connectivity index (χ0v) is 14.1. The van der Waals surface area contributed by atoms with E-state index in [0.29, 0.717) is 13.0 Å². The molecule has 1 amide bonds. The standard InChI is InChI=1S/C21H20N2O2/c1-2-21(24)23(16-17-8-6-7-15-22-17)18-11-13-20(14-12-18)25-19-9-4-3-5-10-19/h3-15H,2,16H2,1H3. The minimum absolute atomic E-state index is 0.0578. The Morgan fingerprint density at radius 2 is 1.60 bits per heavy atom. The predicted molar refractivity (Wildman–Crippen MR) is 98.7 cm³/mol. The van der Waals surface area contributed by atoms with Gasteiger partial charge in [-0.2, -0.15) is 0 Å². The highest BCUT2D eigenvalue weighted by Gasteiger charge is 2.15. The van der Waals surface area contributed by atoms with Gasteiger partial charge < -0.3 is 9.64 Å². The van der Waals surface area contributed by atoms with Crippen molar-refractivity contribution in [2.24, 2.45) is 0 Å². The van der Waals surface area contributed by atoms with Gasteiger partial charge in [0.2, 0.25) is 5.91 Å². The second-order valence-electron chi connectivity index (χ2n) is 5.56. The molecule has 2 aromatic carbocycles. The summed E-state index contributed by atoms with van der Waals surface area (Å²) in [5.41, 5.74) is 1.69. The molecule has 4 nitrogen and oxygen atoms in total. The molecule has 0 spiro atoms. The first-order valence-electron chi connectivity index (χ1n) is 8.29. The van der Waals surface area contributed by atoms with Crippen molar-refractivity contribution < 1.29 is 9.53 Å². The molecule has 4 heteroatoms. The van der Waals surface area contributed by atoms with Gasteiger partial charge in [-0.3, -0.25) is 9.78 Å². The molecule has 0 bridgehead atoms. The molecule has 0 aliphatic heterocycles. The van der Waals surface area contributed by atoms with Gasteiger partial charge in [0.15, 0.2) is 0 Å². The maximum Gasteiger partial charge on any atom is 0.227 e. The van der Waals surface area contributed by atoms with Gasteiger partial charge in [0.05, 0.1) is 12.2 Å². The van der Waals surface area contributed by atoms with Crippen LogP contribution in [0.4, 0.5) is 5.69 Å². The number of carbonyl (C=O) groups is 1. The van der Waals surface area contributed by atoms with Crippen molar-refractivity contribution in [3.05, 3.63) is 84.7 Å². The highest BCUT2D eigenvalue weighted by atomic mass is 16.5. The van der Waals surface area contributed by atoms with Crippen molar-refractivity contribution in [2.45, 2.75) is 19.9 Å². The van der Waals surface area contributed by atoms with Gasteiger partial charge in [-0.15, -0.1) is 0 Å². The highest BCUT2D eigenvalue weighted by molar-refractivity contribution is 5.93. The third-order valence-corrected chi connectivity index (χ3v) is 3.78. The van der Waals surface area contributed by atoms with Crippen LogP contribution in [0.1, 0.15) is 19.0 Å². The maximum atomic E-state index is 12.4. The van der Waals surface area contributed by atoms with Crippen molar-refractivity contribution >= 4 is 11.6 Å². The number of amides is 1. The number of ether oxygens (including phenoxy) is 1. The number of para-hydroxylation sites is 1. The van der Waals surface area contributed by atoms with E-state index in [2.05, 4.69) is 4.98 Å². The highest BCUT2D eigenvalue weighted by Crippen LogP contribution is 2.25. The molecule has 1 heterocycles. The predicted octanol–water partition coefficient (Wildman–Crippen LogP) is 4.82. The number of benzene rings is 2. The average Bonchev–Trinajstić information content (AvgIpc) is 2.68. The molecule has 0 fully saturated rings. The minimum Gasteiger partial charge on any atom is -0.457 e. The van der Waals surface area contributed by atoms with Crippen molar-refractivity contribution in [1.82, 2.24) is 4.98 Å². The molecule has 3 rings (SSSR count). The maximum absolute atomic E-state index is 12.4. The van der Waals surface area contributed by atoms with E-state index in [9.17, 15) is 4.79 Å². The van der Waals surface area contributed by atoms with Gasteiger partial charge in [-0.1, -0.05) is 31.2 Å². The Morgan fingerprint density at radius 3 is 2.24 bits per heavy atom. The Balaban J connectivity index is 1.78. The van der Waals surface area contributed by atoms with Crippen LogP contribution in [0.3, 0.4) is 0 Å². The van der Waals surface area contributed by atoms with Crippen molar-refractivity contribution in [2.75, 3.05) is 4.90 Å². The fraction of sp³-hybridized carbons (Fsp3) is 0.143. The van der Waals surface area contributed by atoms with E-state index >= 15 is 0 Å². The van der Waals surface area contributed by atoms with Gasteiger partial charge in [-0.05, 0) is 48.5 Å². The molecular weight excluding hydrogens is 312 g/mol. The van der Waals surface area contributed by atoms with E-state index in [1.165, 1.54) is 0 Å². The van der Waals surface area contributed by atoms with Gasteiger partial charge in [-0.25, -0.2) is 0 Å². The second-order valence-corrected chi connectivity index (χ2v) is 5.56. The Labute approximate surface area is 147 Å². The summed E-state index contributed by atoms with van der Waals surface area (Å²) in [7, 11) is 0. The summed E-state index contributed by atoms with van der Waals surface area (Å²) < 4.78 is 5.80. The summed E-state index contributed by atoms with van der Waals surface area (Å²) >= 11 is 0. The van der Waals surface area contributed by atoms with Crippen molar-refractivity contribution in [3.8, 4) is 11.5 Å². The third-order valence-electron chi connectivity index (χ3n) is 3.78. The number of anilines is 1. The van der Waals surface area contributed by atoms with Crippen LogP contribution in [0.2, 0.25) is 0 Å².